The summed E-state index contributed by atoms with van der Waals surface area (Å²) in [4.78, 5) is 0. The third-order valence-corrected chi connectivity index (χ3v) is 6.67. The van der Waals surface area contributed by atoms with Gasteiger partial charge in [0.15, 0.2) is 0 Å². The van der Waals surface area contributed by atoms with E-state index in [1.807, 2.05) is 0 Å². The Kier molecular flexibility index (Phi) is 5.39. The molecule has 2 aliphatic carbocycles. The summed E-state index contributed by atoms with van der Waals surface area (Å²) in [5, 5.41) is 0. The molecular formula is C26H27Zr-. The molecule has 0 radical (unpaired) electrons. The Balaban J connectivity index is 0.00000210. The summed E-state index contributed by atoms with van der Waals surface area (Å²) in [6.45, 7) is 13.9. The van der Waals surface area contributed by atoms with Crippen molar-refractivity contribution in [3.05, 3.63) is 93.6 Å². The van der Waals surface area contributed by atoms with Gasteiger partial charge in [-0.25, -0.2) is 0 Å². The second-order valence-electron chi connectivity index (χ2n) is 8.27. The number of benzene rings is 2. The van der Waals surface area contributed by atoms with Crippen LogP contribution < -0.4 is 0 Å². The smallest absolute Gasteiger partial charge is 0.00308 e. The molecular weight excluding hydrogens is 404 g/mol. The molecule has 0 aromatic heterocycles. The van der Waals surface area contributed by atoms with Crippen LogP contribution in [0, 0.1) is 11.5 Å². The summed E-state index contributed by atoms with van der Waals surface area (Å²) in [7, 11) is 0. The van der Waals surface area contributed by atoms with Crippen LogP contribution >= 0.6 is 0 Å². The largest absolute Gasteiger partial charge is 0.139 e. The number of hydrogen-bond acceptors (Lipinski definition) is 0. The fourth-order valence-corrected chi connectivity index (χ4v) is 4.75. The fourth-order valence-electron chi connectivity index (χ4n) is 4.75. The molecule has 2 aliphatic rings. The summed E-state index contributed by atoms with van der Waals surface area (Å²) in [5.41, 5.74) is 12.6. The van der Waals surface area contributed by atoms with Crippen LogP contribution in [0.3, 0.4) is 0 Å². The van der Waals surface area contributed by atoms with Crippen LogP contribution in [0.5, 0.6) is 0 Å². The summed E-state index contributed by atoms with van der Waals surface area (Å²) in [6, 6.07) is 17.5. The van der Waals surface area contributed by atoms with E-state index in [0.29, 0.717) is 5.92 Å². The molecule has 1 heteroatoms. The first-order chi connectivity index (χ1) is 12.3. The SMILES string of the molecule is CC1=C(C)C(C)(C)C(c2cccc3c2[C-]=C(c2ccccc2)C3C)=C1C.[Zr]. The molecule has 0 aliphatic heterocycles. The average molecular weight is 431 g/mol. The van der Waals surface area contributed by atoms with E-state index in [4.69, 9.17) is 0 Å². The number of rotatable bonds is 2. The molecule has 0 bridgehead atoms. The van der Waals surface area contributed by atoms with Gasteiger partial charge in [-0.2, -0.15) is 0 Å². The van der Waals surface area contributed by atoms with Gasteiger partial charge in [0.1, 0.15) is 0 Å². The number of allylic oxidation sites excluding steroid dienone is 5. The maximum atomic E-state index is 3.80. The summed E-state index contributed by atoms with van der Waals surface area (Å²) >= 11 is 0. The Hall–Kier alpha value is -1.46. The minimum absolute atomic E-state index is 0. The molecule has 0 amide bonds. The summed E-state index contributed by atoms with van der Waals surface area (Å²) in [5.74, 6) is 0.382. The molecule has 0 saturated carbocycles. The van der Waals surface area contributed by atoms with E-state index in [-0.39, 0.29) is 31.6 Å². The first kappa shape index (κ1) is 20.3. The van der Waals surface area contributed by atoms with Gasteiger partial charge in [-0.15, -0.1) is 28.8 Å². The van der Waals surface area contributed by atoms with Crippen LogP contribution in [-0.4, -0.2) is 0 Å². The maximum Gasteiger partial charge on any atom is 0.00308 e. The van der Waals surface area contributed by atoms with Crippen molar-refractivity contribution in [1.29, 1.82) is 0 Å². The molecule has 0 spiro atoms. The van der Waals surface area contributed by atoms with Crippen molar-refractivity contribution in [1.82, 2.24) is 0 Å². The molecule has 0 saturated heterocycles. The van der Waals surface area contributed by atoms with E-state index in [1.54, 1.807) is 0 Å². The van der Waals surface area contributed by atoms with Gasteiger partial charge in [0.05, 0.1) is 0 Å². The first-order valence-electron chi connectivity index (χ1n) is 9.56. The summed E-state index contributed by atoms with van der Waals surface area (Å²) < 4.78 is 0. The first-order valence-corrected chi connectivity index (χ1v) is 9.56. The van der Waals surface area contributed by atoms with Gasteiger partial charge in [0.2, 0.25) is 0 Å². The van der Waals surface area contributed by atoms with E-state index in [0.717, 1.165) is 0 Å². The zero-order chi connectivity index (χ0) is 18.6. The van der Waals surface area contributed by atoms with Crippen molar-refractivity contribution >= 4 is 11.1 Å². The molecule has 2 aromatic rings. The second kappa shape index (κ2) is 7.17. The zero-order valence-electron chi connectivity index (χ0n) is 17.2. The van der Waals surface area contributed by atoms with Crippen molar-refractivity contribution in [3.63, 3.8) is 0 Å². The molecule has 0 N–H and O–H groups in total. The predicted molar refractivity (Wildman–Crippen MR) is 112 cm³/mol. The van der Waals surface area contributed by atoms with Crippen LogP contribution in [0.4, 0.5) is 0 Å². The third kappa shape index (κ3) is 2.99. The molecule has 0 heterocycles. The Labute approximate surface area is 183 Å². The number of hydrogen-bond donors (Lipinski definition) is 0. The third-order valence-electron chi connectivity index (χ3n) is 6.67. The second-order valence-corrected chi connectivity index (χ2v) is 8.27. The Morgan fingerprint density at radius 1 is 0.852 bits per heavy atom. The Bertz CT molecular complexity index is 984. The van der Waals surface area contributed by atoms with Gasteiger partial charge >= 0.3 is 0 Å². The molecule has 2 aromatic carbocycles. The van der Waals surface area contributed by atoms with Gasteiger partial charge in [-0.1, -0.05) is 91.1 Å². The van der Waals surface area contributed by atoms with E-state index in [9.17, 15) is 0 Å². The quantitative estimate of drug-likeness (QED) is 0.442. The van der Waals surface area contributed by atoms with Crippen LogP contribution in [-0.2, 0) is 26.2 Å². The van der Waals surface area contributed by atoms with Gasteiger partial charge in [-0.3, -0.25) is 0 Å². The monoisotopic (exact) mass is 429 g/mol. The minimum Gasteiger partial charge on any atom is -0.139 e. The molecule has 27 heavy (non-hydrogen) atoms. The predicted octanol–water partition coefficient (Wildman–Crippen LogP) is 7.19. The van der Waals surface area contributed by atoms with Crippen LogP contribution in [0.2, 0.25) is 0 Å². The van der Waals surface area contributed by atoms with Crippen LogP contribution in [0.15, 0.2) is 65.3 Å². The van der Waals surface area contributed by atoms with Crippen molar-refractivity contribution in [2.75, 3.05) is 0 Å². The zero-order valence-corrected chi connectivity index (χ0v) is 19.7. The topological polar surface area (TPSA) is 0 Å². The van der Waals surface area contributed by atoms with Gasteiger partial charge in [0, 0.05) is 31.6 Å². The molecule has 0 nitrogen and oxygen atoms in total. The summed E-state index contributed by atoms with van der Waals surface area (Å²) in [6.07, 6.45) is 3.80. The minimum atomic E-state index is 0. The average Bonchev–Trinajstić information content (AvgIpc) is 3.05. The van der Waals surface area contributed by atoms with E-state index in [1.165, 1.54) is 50.1 Å². The Morgan fingerprint density at radius 2 is 1.52 bits per heavy atom. The van der Waals surface area contributed by atoms with E-state index < -0.39 is 0 Å². The van der Waals surface area contributed by atoms with E-state index in [2.05, 4.69) is 96.1 Å². The van der Waals surface area contributed by atoms with Crippen molar-refractivity contribution < 1.29 is 26.2 Å². The molecule has 1 atom stereocenters. The normalized spacial score (nSPS) is 20.5. The van der Waals surface area contributed by atoms with E-state index >= 15 is 0 Å². The maximum absolute atomic E-state index is 3.80. The van der Waals surface area contributed by atoms with Crippen LogP contribution in [0.1, 0.15) is 69.7 Å². The molecule has 0 fully saturated rings. The molecule has 1 unspecified atom stereocenters. The van der Waals surface area contributed by atoms with Crippen molar-refractivity contribution in [2.45, 2.75) is 47.5 Å². The fraction of sp³-hybridized carbons (Fsp3) is 0.308. The molecule has 4 rings (SSSR count). The number of fused-ring (bicyclic) bond motifs is 1. The standard InChI is InChI=1S/C26H27.Zr/c1-16-17(2)25(26(5,6)19(16)4)22-14-10-13-21-18(3)23(15-24(21)22)20-11-8-7-9-12-20;/h7-14,18H,1-6H3;/q-1;. The van der Waals surface area contributed by atoms with Crippen LogP contribution in [0.25, 0.3) is 11.1 Å². The van der Waals surface area contributed by atoms with Gasteiger partial charge < -0.3 is 0 Å². The van der Waals surface area contributed by atoms with Gasteiger partial charge in [-0.05, 0) is 32.3 Å². The van der Waals surface area contributed by atoms with Crippen molar-refractivity contribution in [2.24, 2.45) is 5.41 Å². The van der Waals surface area contributed by atoms with Crippen molar-refractivity contribution in [3.8, 4) is 0 Å². The molecule has 136 valence electrons. The Morgan fingerprint density at radius 3 is 2.11 bits per heavy atom. The van der Waals surface area contributed by atoms with Gasteiger partial charge in [0.25, 0.3) is 0 Å².